The van der Waals surface area contributed by atoms with Crippen molar-refractivity contribution >= 4 is 77.3 Å². The fraction of sp³-hybridized carbons (Fsp3) is 0.308. The Bertz CT molecular complexity index is 1290. The molecule has 0 atom stereocenters. The van der Waals surface area contributed by atoms with E-state index < -0.39 is 0 Å². The van der Waals surface area contributed by atoms with Crippen molar-refractivity contribution in [3.63, 3.8) is 0 Å². The molecule has 0 radical (unpaired) electrons. The first-order valence-corrected chi connectivity index (χ1v) is 15.1. The van der Waals surface area contributed by atoms with Crippen molar-refractivity contribution in [2.75, 3.05) is 6.26 Å². The fourth-order valence-corrected chi connectivity index (χ4v) is 9.22. The number of benzene rings is 1. The summed E-state index contributed by atoms with van der Waals surface area (Å²) in [6.07, 6.45) is 2.20. The molecular formula is C26H26S5. The molecule has 4 heterocycles. The number of thioether (sulfide) groups is 1. The van der Waals surface area contributed by atoms with Crippen LogP contribution < -0.4 is 0 Å². The van der Waals surface area contributed by atoms with Gasteiger partial charge >= 0.3 is 0 Å². The summed E-state index contributed by atoms with van der Waals surface area (Å²) >= 11 is 9.71. The van der Waals surface area contributed by atoms with Crippen LogP contribution in [-0.2, 0) is 0 Å². The monoisotopic (exact) mass is 498 g/mol. The van der Waals surface area contributed by atoms with E-state index >= 15 is 0 Å². The predicted octanol–water partition coefficient (Wildman–Crippen LogP) is 10.9. The summed E-state index contributed by atoms with van der Waals surface area (Å²) in [6, 6.07) is 14.2. The van der Waals surface area contributed by atoms with Gasteiger partial charge in [0.15, 0.2) is 0 Å². The lowest BCUT2D eigenvalue weighted by atomic mass is 10.00. The summed E-state index contributed by atoms with van der Waals surface area (Å²) in [5.41, 5.74) is 2.89. The first-order chi connectivity index (χ1) is 14.9. The molecule has 4 aromatic heterocycles. The molecule has 0 saturated carbocycles. The fourth-order valence-electron chi connectivity index (χ4n) is 4.05. The Morgan fingerprint density at radius 2 is 1.19 bits per heavy atom. The van der Waals surface area contributed by atoms with Gasteiger partial charge < -0.3 is 0 Å². The van der Waals surface area contributed by atoms with Crippen molar-refractivity contribution < 1.29 is 0 Å². The van der Waals surface area contributed by atoms with Crippen molar-refractivity contribution in [2.45, 2.75) is 50.7 Å². The summed E-state index contributed by atoms with van der Waals surface area (Å²) in [7, 11) is 0. The summed E-state index contributed by atoms with van der Waals surface area (Å²) < 4.78 is 4.29. The lowest BCUT2D eigenvalue weighted by Gasteiger charge is -2.10. The zero-order chi connectivity index (χ0) is 21.9. The van der Waals surface area contributed by atoms with E-state index in [1.54, 1.807) is 0 Å². The molecule has 0 aliphatic carbocycles. The highest BCUT2D eigenvalue weighted by atomic mass is 32.2. The molecule has 0 saturated heterocycles. The van der Waals surface area contributed by atoms with Crippen LogP contribution in [0.25, 0.3) is 41.1 Å². The molecule has 0 spiro atoms. The Balaban J connectivity index is 1.88. The molecule has 0 aliphatic heterocycles. The van der Waals surface area contributed by atoms with Crippen molar-refractivity contribution in [3.8, 4) is 20.9 Å². The highest BCUT2D eigenvalue weighted by molar-refractivity contribution is 8.00. The minimum absolute atomic E-state index is 0.568. The van der Waals surface area contributed by atoms with E-state index in [-0.39, 0.29) is 0 Å². The van der Waals surface area contributed by atoms with Crippen LogP contribution in [0.3, 0.4) is 0 Å². The molecule has 0 fully saturated rings. The van der Waals surface area contributed by atoms with Gasteiger partial charge in [-0.1, -0.05) is 27.7 Å². The maximum absolute atomic E-state index is 2.43. The van der Waals surface area contributed by atoms with E-state index in [2.05, 4.69) is 77.3 Å². The van der Waals surface area contributed by atoms with Gasteiger partial charge in [0.1, 0.15) is 0 Å². The molecule has 5 heteroatoms. The van der Waals surface area contributed by atoms with E-state index in [9.17, 15) is 0 Å². The Morgan fingerprint density at radius 1 is 0.677 bits per heavy atom. The second kappa shape index (κ2) is 8.35. The minimum atomic E-state index is 0.568. The molecule has 0 nitrogen and oxygen atoms in total. The van der Waals surface area contributed by atoms with Crippen LogP contribution in [-0.4, -0.2) is 6.26 Å². The Morgan fingerprint density at radius 3 is 1.68 bits per heavy atom. The van der Waals surface area contributed by atoms with Crippen LogP contribution in [0.4, 0.5) is 0 Å². The molecule has 160 valence electrons. The normalized spacial score (nSPS) is 12.3. The van der Waals surface area contributed by atoms with Crippen molar-refractivity contribution in [2.24, 2.45) is 0 Å². The quantitative estimate of drug-likeness (QED) is 0.217. The summed E-state index contributed by atoms with van der Waals surface area (Å²) in [6.45, 7) is 11.4. The van der Waals surface area contributed by atoms with Crippen LogP contribution in [0.15, 0.2) is 40.6 Å². The number of fused-ring (bicyclic) bond motifs is 2. The third-order valence-electron chi connectivity index (χ3n) is 5.64. The molecule has 0 aliphatic rings. The third kappa shape index (κ3) is 3.72. The zero-order valence-corrected chi connectivity index (χ0v) is 22.7. The van der Waals surface area contributed by atoms with E-state index in [1.165, 1.54) is 59.9 Å². The number of hydrogen-bond donors (Lipinski definition) is 0. The van der Waals surface area contributed by atoms with Gasteiger partial charge in [0, 0.05) is 55.7 Å². The number of hydrogen-bond acceptors (Lipinski definition) is 5. The number of rotatable bonds is 5. The lowest BCUT2D eigenvalue weighted by molar-refractivity contribution is 0.890. The van der Waals surface area contributed by atoms with Crippen molar-refractivity contribution in [1.82, 2.24) is 0 Å². The largest absolute Gasteiger partial charge is 0.140 e. The van der Waals surface area contributed by atoms with E-state index in [1.807, 2.05) is 57.1 Å². The standard InChI is InChI=1S/C26H26S5/c1-13(2)18-7-9-20(29-18)23-16-11-15(5)28-25(16)24(17-12-22(27-6)31-26(17)23)21-10-8-19(30-21)14(3)4/h7-14H,1-6H3. The first kappa shape index (κ1) is 21.7. The summed E-state index contributed by atoms with van der Waals surface area (Å²) in [5.74, 6) is 1.14. The molecule has 5 aromatic rings. The molecular weight excluding hydrogens is 473 g/mol. The minimum Gasteiger partial charge on any atom is -0.140 e. The number of thiophene rings is 4. The third-order valence-corrected chi connectivity index (χ3v) is 11.7. The van der Waals surface area contributed by atoms with Gasteiger partial charge in [0.25, 0.3) is 0 Å². The maximum atomic E-state index is 2.43. The highest BCUT2D eigenvalue weighted by Crippen LogP contribution is 2.52. The van der Waals surface area contributed by atoms with Gasteiger partial charge in [-0.3, -0.25) is 0 Å². The summed E-state index contributed by atoms with van der Waals surface area (Å²) in [5, 5.41) is 2.85. The average Bonchev–Trinajstić information content (AvgIpc) is 3.50. The molecule has 5 rings (SSSR count). The van der Waals surface area contributed by atoms with Gasteiger partial charge in [-0.15, -0.1) is 57.1 Å². The number of aryl methyl sites for hydroxylation is 1. The second-order valence-corrected chi connectivity index (χ2v) is 14.2. The van der Waals surface area contributed by atoms with E-state index in [4.69, 9.17) is 0 Å². The molecule has 0 unspecified atom stereocenters. The van der Waals surface area contributed by atoms with Crippen LogP contribution in [0.5, 0.6) is 0 Å². The van der Waals surface area contributed by atoms with Gasteiger partial charge in [-0.05, 0) is 61.4 Å². The molecule has 31 heavy (non-hydrogen) atoms. The van der Waals surface area contributed by atoms with Gasteiger partial charge in [-0.25, -0.2) is 0 Å². The molecule has 0 bridgehead atoms. The van der Waals surface area contributed by atoms with Gasteiger partial charge in [0.2, 0.25) is 0 Å². The Hall–Kier alpha value is -1.11. The lowest BCUT2D eigenvalue weighted by Crippen LogP contribution is -1.82. The van der Waals surface area contributed by atoms with Crippen molar-refractivity contribution in [3.05, 3.63) is 51.0 Å². The average molecular weight is 499 g/mol. The van der Waals surface area contributed by atoms with Crippen molar-refractivity contribution in [1.29, 1.82) is 0 Å². The Kier molecular flexibility index (Phi) is 5.85. The first-order valence-electron chi connectivity index (χ1n) is 10.6. The van der Waals surface area contributed by atoms with Crippen LogP contribution in [0, 0.1) is 6.92 Å². The molecule has 1 aromatic carbocycles. The SMILES string of the molecule is CSc1cc2c(-c3ccc(C(C)C)s3)c3sc(C)cc3c(-c3ccc(C(C)C)s3)c2s1. The van der Waals surface area contributed by atoms with Gasteiger partial charge in [-0.2, -0.15) is 0 Å². The van der Waals surface area contributed by atoms with Crippen LogP contribution in [0.2, 0.25) is 0 Å². The topological polar surface area (TPSA) is 0 Å². The van der Waals surface area contributed by atoms with Crippen LogP contribution >= 0.6 is 57.1 Å². The smallest absolute Gasteiger partial charge is 0.0608 e. The second-order valence-electron chi connectivity index (χ2n) is 8.58. The summed E-state index contributed by atoms with van der Waals surface area (Å²) in [4.78, 5) is 7.14. The van der Waals surface area contributed by atoms with Crippen LogP contribution in [0.1, 0.15) is 54.2 Å². The molecule has 0 amide bonds. The Labute approximate surface area is 205 Å². The van der Waals surface area contributed by atoms with E-state index in [0.29, 0.717) is 11.8 Å². The highest BCUT2D eigenvalue weighted by Gasteiger charge is 2.23. The van der Waals surface area contributed by atoms with Gasteiger partial charge in [0.05, 0.1) is 4.21 Å². The zero-order valence-electron chi connectivity index (χ0n) is 18.7. The maximum Gasteiger partial charge on any atom is 0.0608 e. The molecule has 0 N–H and O–H groups in total. The van der Waals surface area contributed by atoms with E-state index in [0.717, 1.165) is 0 Å². The predicted molar refractivity (Wildman–Crippen MR) is 149 cm³/mol.